The summed E-state index contributed by atoms with van der Waals surface area (Å²) in [6.07, 6.45) is -1.84. The Morgan fingerprint density at radius 3 is 2.52 bits per heavy atom. The largest absolute Gasteiger partial charge is 0.495 e. The number of nitrogens with one attached hydrogen (secondary N) is 3. The van der Waals surface area contributed by atoms with Crippen LogP contribution in [0.2, 0.25) is 0 Å². The number of hydrogen-bond donors (Lipinski definition) is 3. The molecule has 1 atom stereocenters. The molecule has 0 heterocycles. The lowest BCUT2D eigenvalue weighted by Gasteiger charge is -2.27. The van der Waals surface area contributed by atoms with Gasteiger partial charge in [0.15, 0.2) is 11.3 Å². The second-order valence-corrected chi connectivity index (χ2v) is 6.92. The monoisotopic (exact) mass is 399 g/mol. The van der Waals surface area contributed by atoms with Gasteiger partial charge in [-0.25, -0.2) is 4.79 Å². The number of anilines is 1. The minimum absolute atomic E-state index is 0.127. The molecule has 6 nitrogen and oxygen atoms in total. The molecule has 1 rings (SSSR count). The molecule has 128 valence electrons. The highest BCUT2D eigenvalue weighted by Crippen LogP contribution is 2.29. The first kappa shape index (κ1) is 19.9. The fraction of sp³-hybridized carbons (Fsp3) is 0.385. The molecular formula is C13H16Cl3N3O3S. The zero-order valence-electron chi connectivity index (χ0n) is 12.4. The van der Waals surface area contributed by atoms with E-state index in [2.05, 4.69) is 16.0 Å². The lowest BCUT2D eigenvalue weighted by Crippen LogP contribution is -2.56. The number of thiocarbonyl (C=S) groups is 1. The van der Waals surface area contributed by atoms with E-state index >= 15 is 0 Å². The van der Waals surface area contributed by atoms with Crippen molar-refractivity contribution in [3.63, 3.8) is 0 Å². The van der Waals surface area contributed by atoms with Gasteiger partial charge in [0.05, 0.1) is 19.4 Å². The third-order valence-electron chi connectivity index (χ3n) is 2.50. The van der Waals surface area contributed by atoms with Gasteiger partial charge in [-0.2, -0.15) is 0 Å². The van der Waals surface area contributed by atoms with Gasteiger partial charge in [0, 0.05) is 0 Å². The molecule has 10 heteroatoms. The zero-order valence-corrected chi connectivity index (χ0v) is 15.4. The number of amides is 1. The Bertz CT molecular complexity index is 555. The van der Waals surface area contributed by atoms with E-state index in [0.29, 0.717) is 11.4 Å². The van der Waals surface area contributed by atoms with Crippen LogP contribution in [-0.4, -0.2) is 34.9 Å². The third-order valence-corrected chi connectivity index (χ3v) is 3.37. The Morgan fingerprint density at radius 1 is 1.30 bits per heavy atom. The molecule has 0 aromatic heterocycles. The first-order chi connectivity index (χ1) is 10.8. The molecule has 1 amide bonds. The molecule has 0 aliphatic rings. The highest BCUT2D eigenvalue weighted by molar-refractivity contribution is 7.80. The summed E-state index contributed by atoms with van der Waals surface area (Å²) in [5, 5.41) is 8.10. The number of rotatable bonds is 5. The van der Waals surface area contributed by atoms with E-state index in [1.54, 1.807) is 25.1 Å². The molecule has 1 aromatic carbocycles. The lowest BCUT2D eigenvalue weighted by molar-refractivity contribution is 0.147. The molecule has 0 radical (unpaired) electrons. The van der Waals surface area contributed by atoms with Gasteiger partial charge in [-0.15, -0.1) is 0 Å². The maximum atomic E-state index is 11.5. The maximum Gasteiger partial charge on any atom is 0.408 e. The molecule has 0 unspecified atom stereocenters. The van der Waals surface area contributed by atoms with Gasteiger partial charge in [-0.3, -0.25) is 5.32 Å². The molecule has 0 saturated heterocycles. The van der Waals surface area contributed by atoms with Crippen LogP contribution >= 0.6 is 47.0 Å². The van der Waals surface area contributed by atoms with Crippen molar-refractivity contribution >= 4 is 63.9 Å². The van der Waals surface area contributed by atoms with E-state index in [0.717, 1.165) is 0 Å². The van der Waals surface area contributed by atoms with Crippen molar-refractivity contribution in [2.75, 3.05) is 19.0 Å². The topological polar surface area (TPSA) is 71.6 Å². The molecule has 0 fully saturated rings. The van der Waals surface area contributed by atoms with Gasteiger partial charge in [-0.05, 0) is 31.3 Å². The number of halogens is 3. The van der Waals surface area contributed by atoms with E-state index in [9.17, 15) is 4.79 Å². The van der Waals surface area contributed by atoms with E-state index in [1.165, 1.54) is 7.11 Å². The fourth-order valence-electron chi connectivity index (χ4n) is 1.53. The SMILES string of the molecule is CCOC(=O)N[C@H](NC(=S)Nc1ccccc1OC)C(Cl)(Cl)Cl. The molecule has 0 saturated carbocycles. The van der Waals surface area contributed by atoms with Crippen molar-refractivity contribution in [2.45, 2.75) is 16.9 Å². The van der Waals surface area contributed by atoms with Crippen molar-refractivity contribution in [1.29, 1.82) is 0 Å². The summed E-state index contributed by atoms with van der Waals surface area (Å²) >= 11 is 22.7. The fourth-order valence-corrected chi connectivity index (χ4v) is 2.08. The molecule has 3 N–H and O–H groups in total. The molecule has 23 heavy (non-hydrogen) atoms. The first-order valence-electron chi connectivity index (χ1n) is 6.48. The number of hydrogen-bond acceptors (Lipinski definition) is 4. The molecule has 0 aliphatic heterocycles. The third kappa shape index (κ3) is 6.87. The number of carbonyl (C=O) groups excluding carboxylic acids is 1. The van der Waals surface area contributed by atoms with E-state index in [-0.39, 0.29) is 11.7 Å². The number of benzene rings is 1. The summed E-state index contributed by atoms with van der Waals surface area (Å²) in [4.78, 5) is 11.5. The van der Waals surface area contributed by atoms with Crippen LogP contribution in [-0.2, 0) is 4.74 Å². The van der Waals surface area contributed by atoms with Gasteiger partial charge in [-0.1, -0.05) is 46.9 Å². The van der Waals surface area contributed by atoms with E-state index in [4.69, 9.17) is 56.5 Å². The highest BCUT2D eigenvalue weighted by atomic mass is 35.6. The molecule has 0 aliphatic carbocycles. The Labute approximate surface area is 154 Å². The van der Waals surface area contributed by atoms with Gasteiger partial charge in [0.25, 0.3) is 0 Å². The Balaban J connectivity index is 2.75. The van der Waals surface area contributed by atoms with Crippen LogP contribution in [0.4, 0.5) is 10.5 Å². The van der Waals surface area contributed by atoms with Gasteiger partial charge >= 0.3 is 6.09 Å². The number of carbonyl (C=O) groups is 1. The quantitative estimate of drug-likeness (QED) is 0.400. The number of methoxy groups -OCH3 is 1. The van der Waals surface area contributed by atoms with Crippen LogP contribution in [0, 0.1) is 0 Å². The summed E-state index contributed by atoms with van der Waals surface area (Å²) in [6.45, 7) is 1.84. The number of ether oxygens (including phenoxy) is 2. The predicted octanol–water partition coefficient (Wildman–Crippen LogP) is 3.42. The maximum absolute atomic E-state index is 11.5. The minimum atomic E-state index is -1.85. The van der Waals surface area contributed by atoms with Crippen LogP contribution in [0.25, 0.3) is 0 Å². The van der Waals surface area contributed by atoms with E-state index in [1.807, 2.05) is 6.07 Å². The summed E-state index contributed by atoms with van der Waals surface area (Å²) < 4.78 is 8.10. The number of alkyl halides is 3. The highest BCUT2D eigenvalue weighted by Gasteiger charge is 2.35. The standard InChI is InChI=1S/C13H16Cl3N3O3S/c1-3-22-12(20)19-10(13(14,15)16)18-11(23)17-8-6-4-5-7-9(8)21-2/h4-7,10H,3H2,1-2H3,(H,19,20)(H2,17,18,23)/t10-/m0/s1. The number of alkyl carbamates (subject to hydrolysis) is 1. The lowest BCUT2D eigenvalue weighted by atomic mass is 10.3. The summed E-state index contributed by atoms with van der Waals surface area (Å²) in [6, 6.07) is 7.13. The van der Waals surface area contributed by atoms with Crippen LogP contribution in [0.3, 0.4) is 0 Å². The second-order valence-electron chi connectivity index (χ2n) is 4.14. The van der Waals surface area contributed by atoms with Crippen molar-refractivity contribution in [2.24, 2.45) is 0 Å². The number of para-hydroxylation sites is 2. The Kier molecular flexibility index (Phi) is 7.98. The van der Waals surface area contributed by atoms with Gasteiger partial charge in [0.1, 0.15) is 5.75 Å². The molecule has 0 spiro atoms. The van der Waals surface area contributed by atoms with Crippen molar-refractivity contribution < 1.29 is 14.3 Å². The van der Waals surface area contributed by atoms with Crippen molar-refractivity contribution in [1.82, 2.24) is 10.6 Å². The normalized spacial score (nSPS) is 12.0. The van der Waals surface area contributed by atoms with Crippen LogP contribution in [0.5, 0.6) is 5.75 Å². The van der Waals surface area contributed by atoms with Crippen LogP contribution in [0.15, 0.2) is 24.3 Å². The van der Waals surface area contributed by atoms with Crippen LogP contribution < -0.4 is 20.7 Å². The summed E-state index contributed by atoms with van der Waals surface area (Å²) in [7, 11) is 1.53. The molecule has 0 bridgehead atoms. The van der Waals surface area contributed by atoms with Crippen LogP contribution in [0.1, 0.15) is 6.92 Å². The smallest absolute Gasteiger partial charge is 0.408 e. The Hall–Kier alpha value is -1.15. The van der Waals surface area contributed by atoms with Crippen molar-refractivity contribution in [3.8, 4) is 5.75 Å². The van der Waals surface area contributed by atoms with Gasteiger partial charge < -0.3 is 20.1 Å². The van der Waals surface area contributed by atoms with E-state index < -0.39 is 16.1 Å². The Morgan fingerprint density at radius 2 is 1.96 bits per heavy atom. The first-order valence-corrected chi connectivity index (χ1v) is 8.02. The minimum Gasteiger partial charge on any atom is -0.495 e. The average molecular weight is 401 g/mol. The zero-order chi connectivity index (χ0) is 17.5. The van der Waals surface area contributed by atoms with Crippen molar-refractivity contribution in [3.05, 3.63) is 24.3 Å². The second kappa shape index (κ2) is 9.22. The summed E-state index contributed by atoms with van der Waals surface area (Å²) in [5.41, 5.74) is 0.617. The molecule has 1 aromatic rings. The predicted molar refractivity (Wildman–Crippen MR) is 96.6 cm³/mol. The molecular weight excluding hydrogens is 385 g/mol. The average Bonchev–Trinajstić information content (AvgIpc) is 2.46. The van der Waals surface area contributed by atoms with Gasteiger partial charge in [0.2, 0.25) is 3.79 Å². The summed E-state index contributed by atoms with van der Waals surface area (Å²) in [5.74, 6) is 0.584.